The molecular weight excluding hydrogens is 224 g/mol. The smallest absolute Gasteiger partial charge is 0.205 e. The largest absolute Gasteiger partial charge is 0.414 e. The van der Waals surface area contributed by atoms with Crippen LogP contribution in [-0.4, -0.2) is 15.6 Å². The van der Waals surface area contributed by atoms with Crippen LogP contribution < -0.4 is 0 Å². The summed E-state index contributed by atoms with van der Waals surface area (Å²) < 4.78 is 5.58. The molecule has 1 rings (SSSR count). The first-order chi connectivity index (χ1) is 7.89. The number of rotatable bonds is 4. The third kappa shape index (κ3) is 5.33. The van der Waals surface area contributed by atoms with E-state index < -0.39 is 9.04 Å². The molecule has 0 saturated carbocycles. The van der Waals surface area contributed by atoms with Crippen LogP contribution in [0.1, 0.15) is 31.9 Å². The Morgan fingerprint density at radius 1 is 1.24 bits per heavy atom. The highest BCUT2D eigenvalue weighted by atomic mass is 28.3. The minimum absolute atomic E-state index is 0.212. The van der Waals surface area contributed by atoms with Crippen molar-refractivity contribution >= 4 is 15.1 Å². The van der Waals surface area contributed by atoms with Crippen molar-refractivity contribution in [2.75, 3.05) is 6.61 Å². The van der Waals surface area contributed by atoms with Crippen LogP contribution >= 0.6 is 0 Å². The maximum Gasteiger partial charge on any atom is 0.205 e. The van der Waals surface area contributed by atoms with Crippen molar-refractivity contribution in [3.8, 4) is 0 Å². The zero-order valence-corrected chi connectivity index (χ0v) is 12.6. The molecule has 1 radical (unpaired) electrons. The van der Waals surface area contributed by atoms with E-state index >= 15 is 0 Å². The van der Waals surface area contributed by atoms with Gasteiger partial charge in [-0.15, -0.1) is 0 Å². The average Bonchev–Trinajstić information content (AvgIpc) is 2.23. The molecule has 0 fully saturated rings. The summed E-state index contributed by atoms with van der Waals surface area (Å²) in [5, 5.41) is 0. The summed E-state index contributed by atoms with van der Waals surface area (Å²) in [4.78, 5) is 0. The summed E-state index contributed by atoms with van der Waals surface area (Å²) in [5.41, 5.74) is 2.84. The van der Waals surface area contributed by atoms with Crippen molar-refractivity contribution in [1.29, 1.82) is 0 Å². The van der Waals surface area contributed by atoms with Crippen molar-refractivity contribution in [2.24, 2.45) is 0 Å². The molecular formula is C15H23OSi. The van der Waals surface area contributed by atoms with E-state index in [0.717, 1.165) is 6.61 Å². The summed E-state index contributed by atoms with van der Waals surface area (Å²) in [6.07, 6.45) is 4.24. The van der Waals surface area contributed by atoms with Gasteiger partial charge in [-0.3, -0.25) is 0 Å². The summed E-state index contributed by atoms with van der Waals surface area (Å²) in [6, 6.07) is 8.69. The number of hydrogen-bond acceptors (Lipinski definition) is 1. The number of hydrogen-bond donors (Lipinski definition) is 0. The highest BCUT2D eigenvalue weighted by Crippen LogP contribution is 2.23. The van der Waals surface area contributed by atoms with Gasteiger partial charge in [-0.25, -0.2) is 0 Å². The first kappa shape index (κ1) is 14.2. The molecule has 0 spiro atoms. The number of benzene rings is 1. The maximum absolute atomic E-state index is 5.58. The van der Waals surface area contributed by atoms with E-state index in [2.05, 4.69) is 70.3 Å². The zero-order valence-electron chi connectivity index (χ0n) is 11.6. The molecule has 17 heavy (non-hydrogen) atoms. The standard InChI is InChI=1S/C15H23OSi/c1-15(2,3)14-10-6-8-13(12-14)9-7-11-16-17(4)5/h6-10,12H,11H2,1-5H3. The van der Waals surface area contributed by atoms with E-state index in [1.54, 1.807) is 0 Å². The van der Waals surface area contributed by atoms with Gasteiger partial charge in [0.1, 0.15) is 0 Å². The molecule has 93 valence electrons. The Hall–Kier alpha value is -0.863. The van der Waals surface area contributed by atoms with E-state index in [-0.39, 0.29) is 5.41 Å². The molecule has 0 amide bonds. The molecule has 0 saturated heterocycles. The van der Waals surface area contributed by atoms with E-state index in [4.69, 9.17) is 4.43 Å². The molecule has 0 heterocycles. The average molecular weight is 247 g/mol. The first-order valence-electron chi connectivity index (χ1n) is 6.09. The molecule has 0 unspecified atom stereocenters. The Labute approximate surface area is 107 Å². The van der Waals surface area contributed by atoms with Gasteiger partial charge >= 0.3 is 0 Å². The van der Waals surface area contributed by atoms with Crippen molar-refractivity contribution in [3.05, 3.63) is 41.5 Å². The van der Waals surface area contributed by atoms with Crippen LogP contribution in [0.25, 0.3) is 6.08 Å². The monoisotopic (exact) mass is 247 g/mol. The Kier molecular flexibility index (Phi) is 5.16. The van der Waals surface area contributed by atoms with Crippen molar-refractivity contribution in [3.63, 3.8) is 0 Å². The lowest BCUT2D eigenvalue weighted by Gasteiger charge is -2.19. The third-order valence-corrected chi connectivity index (χ3v) is 3.28. The molecule has 0 aliphatic rings. The van der Waals surface area contributed by atoms with Crippen LogP contribution in [0.4, 0.5) is 0 Å². The molecule has 0 aliphatic carbocycles. The van der Waals surface area contributed by atoms with Gasteiger partial charge in [0.05, 0.1) is 6.61 Å². The van der Waals surface area contributed by atoms with Crippen molar-refractivity contribution in [1.82, 2.24) is 0 Å². The van der Waals surface area contributed by atoms with Gasteiger partial charge in [0.2, 0.25) is 9.04 Å². The Bertz CT molecular complexity index is 375. The van der Waals surface area contributed by atoms with E-state index in [1.165, 1.54) is 11.1 Å². The van der Waals surface area contributed by atoms with Crippen LogP contribution in [0.3, 0.4) is 0 Å². The van der Waals surface area contributed by atoms with E-state index in [1.807, 2.05) is 0 Å². The van der Waals surface area contributed by atoms with Gasteiger partial charge in [-0.05, 0) is 29.6 Å². The molecule has 2 heteroatoms. The first-order valence-corrected chi connectivity index (χ1v) is 8.50. The van der Waals surface area contributed by atoms with Gasteiger partial charge in [-0.1, -0.05) is 57.2 Å². The van der Waals surface area contributed by atoms with E-state index in [0.29, 0.717) is 0 Å². The summed E-state index contributed by atoms with van der Waals surface area (Å²) >= 11 is 0. The molecule has 0 aromatic heterocycles. The van der Waals surface area contributed by atoms with Gasteiger partial charge in [0.15, 0.2) is 0 Å². The fourth-order valence-electron chi connectivity index (χ4n) is 1.51. The second-order valence-corrected chi connectivity index (χ2v) is 7.60. The summed E-state index contributed by atoms with van der Waals surface area (Å²) in [5.74, 6) is 0. The molecule has 1 nitrogen and oxygen atoms in total. The molecule has 1 aromatic carbocycles. The van der Waals surface area contributed by atoms with Gasteiger partial charge in [-0.2, -0.15) is 0 Å². The fraction of sp³-hybridized carbons (Fsp3) is 0.467. The predicted octanol–water partition coefficient (Wildman–Crippen LogP) is 4.27. The van der Waals surface area contributed by atoms with Crippen LogP contribution in [0.5, 0.6) is 0 Å². The van der Waals surface area contributed by atoms with Gasteiger partial charge in [0, 0.05) is 0 Å². The minimum atomic E-state index is -0.571. The van der Waals surface area contributed by atoms with Crippen LogP contribution in [-0.2, 0) is 9.84 Å². The van der Waals surface area contributed by atoms with Gasteiger partial charge < -0.3 is 4.43 Å². The van der Waals surface area contributed by atoms with Gasteiger partial charge in [0.25, 0.3) is 0 Å². The van der Waals surface area contributed by atoms with Crippen LogP contribution in [0.15, 0.2) is 30.3 Å². The molecule has 0 N–H and O–H groups in total. The lowest BCUT2D eigenvalue weighted by Crippen LogP contribution is -2.10. The summed E-state index contributed by atoms with van der Waals surface area (Å²) in [6.45, 7) is 11.7. The van der Waals surface area contributed by atoms with Crippen molar-refractivity contribution in [2.45, 2.75) is 39.3 Å². The highest BCUT2D eigenvalue weighted by molar-refractivity contribution is 6.48. The lowest BCUT2D eigenvalue weighted by molar-refractivity contribution is 0.375. The Morgan fingerprint density at radius 3 is 2.53 bits per heavy atom. The second-order valence-electron chi connectivity index (χ2n) is 5.50. The summed E-state index contributed by atoms with van der Waals surface area (Å²) in [7, 11) is -0.571. The predicted molar refractivity (Wildman–Crippen MR) is 77.6 cm³/mol. The SMILES string of the molecule is C[Si](C)OCC=Cc1cccc(C(C)(C)C)c1. The topological polar surface area (TPSA) is 9.23 Å². The Morgan fingerprint density at radius 2 is 1.94 bits per heavy atom. The third-order valence-electron chi connectivity index (χ3n) is 2.53. The minimum Gasteiger partial charge on any atom is -0.414 e. The van der Waals surface area contributed by atoms with Crippen LogP contribution in [0.2, 0.25) is 13.1 Å². The Balaban J connectivity index is 2.66. The maximum atomic E-state index is 5.58. The van der Waals surface area contributed by atoms with E-state index in [9.17, 15) is 0 Å². The zero-order chi connectivity index (χ0) is 12.9. The molecule has 1 aromatic rings. The van der Waals surface area contributed by atoms with Crippen LogP contribution in [0, 0.1) is 0 Å². The second kappa shape index (κ2) is 6.17. The fourth-order valence-corrected chi connectivity index (χ4v) is 1.94. The quantitative estimate of drug-likeness (QED) is 0.722. The molecule has 0 aliphatic heterocycles. The molecule has 0 atom stereocenters. The molecule has 0 bridgehead atoms. The van der Waals surface area contributed by atoms with Crippen molar-refractivity contribution < 1.29 is 4.43 Å². The normalized spacial score (nSPS) is 12.6. The lowest BCUT2D eigenvalue weighted by atomic mass is 9.86. The highest BCUT2D eigenvalue weighted by Gasteiger charge is 2.12.